The maximum atomic E-state index is 12.7. The Hall–Kier alpha value is -1.58. The van der Waals surface area contributed by atoms with Crippen molar-refractivity contribution in [2.75, 3.05) is 39.4 Å². The van der Waals surface area contributed by atoms with Gasteiger partial charge in [-0.05, 0) is 38.1 Å². The summed E-state index contributed by atoms with van der Waals surface area (Å²) in [6.07, 6.45) is 15.4. The molecule has 1 N–H and O–H groups in total. The van der Waals surface area contributed by atoms with E-state index >= 15 is 0 Å². The van der Waals surface area contributed by atoms with Gasteiger partial charge in [-0.15, -0.1) is 6.42 Å². The summed E-state index contributed by atoms with van der Waals surface area (Å²) in [6.45, 7) is 3.53. The molecule has 2 heterocycles. The second-order valence-corrected chi connectivity index (χ2v) is 8.44. The normalized spacial score (nSPS) is 26.3. The van der Waals surface area contributed by atoms with Crippen LogP contribution in [0.3, 0.4) is 0 Å². The van der Waals surface area contributed by atoms with Crippen LogP contribution in [0.15, 0.2) is 0 Å². The minimum absolute atomic E-state index is 0.0203. The molecule has 28 heavy (non-hydrogen) atoms. The number of hydrogen-bond donors (Lipinski definition) is 1. The lowest BCUT2D eigenvalue weighted by Gasteiger charge is -2.36. The van der Waals surface area contributed by atoms with E-state index in [0.29, 0.717) is 39.3 Å². The first-order chi connectivity index (χ1) is 13.7. The first-order valence-corrected chi connectivity index (χ1v) is 11.0. The maximum Gasteiger partial charge on any atom is 0.237 e. The summed E-state index contributed by atoms with van der Waals surface area (Å²) in [5.74, 6) is 3.68. The summed E-state index contributed by atoms with van der Waals surface area (Å²) in [6, 6.07) is -0.213. The van der Waals surface area contributed by atoms with Crippen LogP contribution in [0.25, 0.3) is 0 Å². The van der Waals surface area contributed by atoms with Gasteiger partial charge < -0.3 is 15.0 Å². The van der Waals surface area contributed by atoms with Crippen LogP contribution in [0.1, 0.15) is 57.8 Å². The van der Waals surface area contributed by atoms with Gasteiger partial charge in [0.05, 0.1) is 31.8 Å². The molecule has 0 aromatic heterocycles. The Morgan fingerprint density at radius 2 is 1.96 bits per heavy atom. The number of terminal acetylenes is 1. The highest BCUT2D eigenvalue weighted by atomic mass is 16.5. The van der Waals surface area contributed by atoms with Gasteiger partial charge in [0.1, 0.15) is 0 Å². The number of carbonyl (C=O) groups excluding carboxylic acids is 2. The zero-order valence-corrected chi connectivity index (χ0v) is 17.0. The van der Waals surface area contributed by atoms with Crippen molar-refractivity contribution in [3.8, 4) is 12.3 Å². The molecule has 3 aliphatic rings. The van der Waals surface area contributed by atoms with Crippen LogP contribution < -0.4 is 5.32 Å². The van der Waals surface area contributed by atoms with Gasteiger partial charge in [-0.2, -0.15) is 0 Å². The number of morpholine rings is 1. The van der Waals surface area contributed by atoms with E-state index in [0.717, 1.165) is 31.7 Å². The molecule has 1 unspecified atom stereocenters. The average Bonchev–Trinajstić information content (AvgIpc) is 3.39. The molecule has 2 atom stereocenters. The molecule has 156 valence electrons. The highest BCUT2D eigenvalue weighted by molar-refractivity contribution is 5.82. The standard InChI is InChI=1S/C22H35N3O3/c1-2-12-24-13-6-10-20(24)22(27)23-16-19-17-28-15-14-25(19)21(26)11-5-9-18-7-3-4-8-18/h1,18-20H,3-17H2,(H,23,27)/t19?,20-/m0/s1. The quantitative estimate of drug-likeness (QED) is 0.643. The molecule has 6 nitrogen and oxygen atoms in total. The van der Waals surface area contributed by atoms with Gasteiger partial charge >= 0.3 is 0 Å². The van der Waals surface area contributed by atoms with Crippen LogP contribution in [0.4, 0.5) is 0 Å². The molecule has 1 aliphatic carbocycles. The van der Waals surface area contributed by atoms with Gasteiger partial charge in [0.2, 0.25) is 11.8 Å². The van der Waals surface area contributed by atoms with E-state index in [9.17, 15) is 9.59 Å². The van der Waals surface area contributed by atoms with Gasteiger partial charge in [-0.3, -0.25) is 14.5 Å². The second-order valence-electron chi connectivity index (χ2n) is 8.44. The summed E-state index contributed by atoms with van der Waals surface area (Å²) in [5, 5.41) is 3.05. The third-order valence-electron chi connectivity index (χ3n) is 6.50. The summed E-state index contributed by atoms with van der Waals surface area (Å²) in [7, 11) is 0. The van der Waals surface area contributed by atoms with Crippen LogP contribution in [-0.2, 0) is 14.3 Å². The van der Waals surface area contributed by atoms with Crippen LogP contribution in [0, 0.1) is 18.3 Å². The third kappa shape index (κ3) is 5.71. The molecule has 1 saturated carbocycles. The molecule has 2 aliphatic heterocycles. The van der Waals surface area contributed by atoms with Crippen molar-refractivity contribution in [1.29, 1.82) is 0 Å². The molecular formula is C22H35N3O3. The van der Waals surface area contributed by atoms with Gasteiger partial charge in [-0.1, -0.05) is 31.6 Å². The van der Waals surface area contributed by atoms with E-state index < -0.39 is 0 Å². The van der Waals surface area contributed by atoms with Gasteiger partial charge in [0.15, 0.2) is 0 Å². The Labute approximate surface area is 169 Å². The topological polar surface area (TPSA) is 61.9 Å². The lowest BCUT2D eigenvalue weighted by molar-refractivity contribution is -0.140. The van der Waals surface area contributed by atoms with E-state index in [2.05, 4.69) is 16.1 Å². The zero-order chi connectivity index (χ0) is 19.8. The van der Waals surface area contributed by atoms with Crippen molar-refractivity contribution in [1.82, 2.24) is 15.1 Å². The fourth-order valence-electron chi connectivity index (χ4n) is 4.90. The van der Waals surface area contributed by atoms with Gasteiger partial charge in [0, 0.05) is 19.5 Å². The first kappa shape index (κ1) is 21.1. The summed E-state index contributed by atoms with van der Waals surface area (Å²) in [5.41, 5.74) is 0. The Kier molecular flexibility index (Phi) is 8.17. The largest absolute Gasteiger partial charge is 0.377 e. The van der Waals surface area contributed by atoms with Crippen molar-refractivity contribution >= 4 is 11.8 Å². The number of nitrogens with one attached hydrogen (secondary N) is 1. The van der Waals surface area contributed by atoms with Gasteiger partial charge in [0.25, 0.3) is 0 Å². The van der Waals surface area contributed by atoms with Crippen LogP contribution in [-0.4, -0.2) is 73.1 Å². The number of carbonyl (C=O) groups is 2. The van der Waals surface area contributed by atoms with E-state index in [1.54, 1.807) is 0 Å². The van der Waals surface area contributed by atoms with E-state index in [1.165, 1.54) is 32.1 Å². The van der Waals surface area contributed by atoms with Gasteiger partial charge in [-0.25, -0.2) is 0 Å². The molecule has 3 rings (SSSR count). The highest BCUT2D eigenvalue weighted by Crippen LogP contribution is 2.29. The van der Waals surface area contributed by atoms with Crippen molar-refractivity contribution in [2.45, 2.75) is 69.9 Å². The smallest absolute Gasteiger partial charge is 0.237 e. The molecule has 0 aromatic carbocycles. The Morgan fingerprint density at radius 3 is 2.75 bits per heavy atom. The molecule has 2 saturated heterocycles. The summed E-state index contributed by atoms with van der Waals surface area (Å²) in [4.78, 5) is 29.3. The average molecular weight is 390 g/mol. The molecule has 2 amide bonds. The minimum Gasteiger partial charge on any atom is -0.377 e. The minimum atomic E-state index is -0.142. The van der Waals surface area contributed by atoms with Crippen molar-refractivity contribution < 1.29 is 14.3 Å². The lowest BCUT2D eigenvalue weighted by Crippen LogP contribution is -2.55. The lowest BCUT2D eigenvalue weighted by atomic mass is 10.00. The number of likely N-dealkylation sites (tertiary alicyclic amines) is 1. The Balaban J connectivity index is 1.44. The molecule has 3 fully saturated rings. The van der Waals surface area contributed by atoms with Crippen LogP contribution in [0.2, 0.25) is 0 Å². The SMILES string of the molecule is C#CCN1CCC[C@H]1C(=O)NCC1COCCN1C(=O)CCCC1CCCC1. The fourth-order valence-corrected chi connectivity index (χ4v) is 4.90. The molecule has 0 spiro atoms. The predicted octanol–water partition coefficient (Wildman–Crippen LogP) is 1.79. The first-order valence-electron chi connectivity index (χ1n) is 11.0. The number of rotatable bonds is 8. The second kappa shape index (κ2) is 10.8. The van der Waals surface area contributed by atoms with Crippen molar-refractivity contribution in [3.63, 3.8) is 0 Å². The van der Waals surface area contributed by atoms with E-state index in [4.69, 9.17) is 11.2 Å². The molecule has 0 radical (unpaired) electrons. The van der Waals surface area contributed by atoms with Crippen molar-refractivity contribution in [2.24, 2.45) is 5.92 Å². The van der Waals surface area contributed by atoms with E-state index in [1.807, 2.05) is 4.90 Å². The van der Waals surface area contributed by atoms with E-state index in [-0.39, 0.29) is 23.9 Å². The summed E-state index contributed by atoms with van der Waals surface area (Å²) < 4.78 is 5.58. The molecular weight excluding hydrogens is 354 g/mol. The summed E-state index contributed by atoms with van der Waals surface area (Å²) >= 11 is 0. The Morgan fingerprint density at radius 1 is 1.14 bits per heavy atom. The number of hydrogen-bond acceptors (Lipinski definition) is 4. The molecule has 6 heteroatoms. The Bertz CT molecular complexity index is 568. The van der Waals surface area contributed by atoms with Crippen LogP contribution in [0.5, 0.6) is 0 Å². The highest BCUT2D eigenvalue weighted by Gasteiger charge is 2.32. The monoisotopic (exact) mass is 389 g/mol. The van der Waals surface area contributed by atoms with Crippen LogP contribution >= 0.6 is 0 Å². The number of amides is 2. The van der Waals surface area contributed by atoms with Crippen molar-refractivity contribution in [3.05, 3.63) is 0 Å². The number of ether oxygens (including phenoxy) is 1. The zero-order valence-electron chi connectivity index (χ0n) is 17.0. The predicted molar refractivity (Wildman–Crippen MR) is 109 cm³/mol. The third-order valence-corrected chi connectivity index (χ3v) is 6.50. The molecule has 0 aromatic rings. The molecule has 0 bridgehead atoms. The fraction of sp³-hybridized carbons (Fsp3) is 0.818. The maximum absolute atomic E-state index is 12.7. The number of nitrogens with zero attached hydrogens (tertiary/aromatic N) is 2.